The Morgan fingerprint density at radius 2 is 1.86 bits per heavy atom. The highest BCUT2D eigenvalue weighted by atomic mass is 32.2. The SMILES string of the molecule is CCOP(=O)(COC1CC=CC1Sc1ccccc1)OCC. The van der Waals surface area contributed by atoms with Crippen molar-refractivity contribution in [2.45, 2.75) is 36.5 Å². The van der Waals surface area contributed by atoms with Crippen molar-refractivity contribution in [3.05, 3.63) is 42.5 Å². The molecule has 0 bridgehead atoms. The number of ether oxygens (including phenoxy) is 1. The quantitative estimate of drug-likeness (QED) is 0.480. The van der Waals surface area contributed by atoms with E-state index >= 15 is 0 Å². The predicted molar refractivity (Wildman–Crippen MR) is 90.4 cm³/mol. The minimum Gasteiger partial charge on any atom is -0.364 e. The van der Waals surface area contributed by atoms with E-state index in [0.29, 0.717) is 13.2 Å². The highest BCUT2D eigenvalue weighted by Gasteiger charge is 2.30. The molecule has 1 aliphatic carbocycles. The summed E-state index contributed by atoms with van der Waals surface area (Å²) in [6.07, 6.45) is 5.08. The first-order valence-corrected chi connectivity index (χ1v) is 10.2. The van der Waals surface area contributed by atoms with E-state index in [9.17, 15) is 4.57 Å². The second-order valence-corrected chi connectivity index (χ2v) is 8.09. The van der Waals surface area contributed by atoms with Crippen molar-refractivity contribution in [2.75, 3.05) is 19.6 Å². The van der Waals surface area contributed by atoms with Crippen LogP contribution in [0.5, 0.6) is 0 Å². The molecule has 0 N–H and O–H groups in total. The van der Waals surface area contributed by atoms with Gasteiger partial charge in [-0.25, -0.2) is 0 Å². The Morgan fingerprint density at radius 1 is 1.18 bits per heavy atom. The molecule has 1 aromatic rings. The van der Waals surface area contributed by atoms with Gasteiger partial charge in [0.1, 0.15) is 6.35 Å². The molecule has 22 heavy (non-hydrogen) atoms. The first-order chi connectivity index (χ1) is 10.7. The summed E-state index contributed by atoms with van der Waals surface area (Å²) >= 11 is 1.75. The zero-order valence-corrected chi connectivity index (χ0v) is 14.7. The molecule has 0 aliphatic heterocycles. The van der Waals surface area contributed by atoms with Crippen molar-refractivity contribution < 1.29 is 18.3 Å². The van der Waals surface area contributed by atoms with Crippen molar-refractivity contribution in [1.82, 2.24) is 0 Å². The summed E-state index contributed by atoms with van der Waals surface area (Å²) in [5.74, 6) is 0. The summed E-state index contributed by atoms with van der Waals surface area (Å²) in [6, 6.07) is 10.2. The molecular formula is C16H23O4PS. The summed E-state index contributed by atoms with van der Waals surface area (Å²) in [5, 5.41) is 0.221. The topological polar surface area (TPSA) is 44.8 Å². The van der Waals surface area contributed by atoms with Gasteiger partial charge in [-0.05, 0) is 32.4 Å². The van der Waals surface area contributed by atoms with E-state index in [1.807, 2.05) is 18.2 Å². The minimum absolute atomic E-state index is 0.000515. The van der Waals surface area contributed by atoms with Crippen LogP contribution in [-0.4, -0.2) is 30.9 Å². The third kappa shape index (κ3) is 5.25. The van der Waals surface area contributed by atoms with Crippen LogP contribution in [0.25, 0.3) is 0 Å². The van der Waals surface area contributed by atoms with Crippen LogP contribution in [0, 0.1) is 0 Å². The molecule has 6 heteroatoms. The smallest absolute Gasteiger partial charge is 0.356 e. The Bertz CT molecular complexity index is 510. The van der Waals surface area contributed by atoms with Gasteiger partial charge in [0.05, 0.1) is 24.6 Å². The van der Waals surface area contributed by atoms with E-state index in [1.54, 1.807) is 25.6 Å². The summed E-state index contributed by atoms with van der Waals surface area (Å²) in [5.41, 5.74) is 0. The zero-order chi connectivity index (χ0) is 15.8. The third-order valence-electron chi connectivity index (χ3n) is 3.17. The molecule has 0 saturated carbocycles. The van der Waals surface area contributed by atoms with Gasteiger partial charge in [0, 0.05) is 4.90 Å². The maximum Gasteiger partial charge on any atom is 0.356 e. The van der Waals surface area contributed by atoms with Crippen molar-refractivity contribution >= 4 is 19.4 Å². The fraction of sp³-hybridized carbons (Fsp3) is 0.500. The number of benzene rings is 1. The normalized spacial score (nSPS) is 21.4. The standard InChI is InChI=1S/C16H23O4PS/c1-3-19-21(17,20-4-2)13-18-15-11-8-12-16(15)22-14-9-6-5-7-10-14/h5-10,12,15-16H,3-4,11,13H2,1-2H3. The molecule has 0 fully saturated rings. The number of hydrogen-bond donors (Lipinski definition) is 0. The Morgan fingerprint density at radius 3 is 2.50 bits per heavy atom. The van der Waals surface area contributed by atoms with Crippen LogP contribution in [0.15, 0.2) is 47.4 Å². The van der Waals surface area contributed by atoms with E-state index in [2.05, 4.69) is 24.3 Å². The van der Waals surface area contributed by atoms with Gasteiger partial charge >= 0.3 is 7.60 Å². The molecule has 2 atom stereocenters. The van der Waals surface area contributed by atoms with Crippen molar-refractivity contribution in [1.29, 1.82) is 0 Å². The second-order valence-electron chi connectivity index (χ2n) is 4.84. The Balaban J connectivity index is 1.90. The lowest BCUT2D eigenvalue weighted by molar-refractivity contribution is 0.0771. The highest BCUT2D eigenvalue weighted by molar-refractivity contribution is 8.00. The van der Waals surface area contributed by atoms with E-state index in [-0.39, 0.29) is 17.7 Å². The van der Waals surface area contributed by atoms with Gasteiger partial charge in [0.25, 0.3) is 0 Å². The van der Waals surface area contributed by atoms with Crippen LogP contribution in [0.2, 0.25) is 0 Å². The van der Waals surface area contributed by atoms with Crippen LogP contribution in [0.3, 0.4) is 0 Å². The van der Waals surface area contributed by atoms with Gasteiger partial charge in [-0.3, -0.25) is 4.57 Å². The zero-order valence-electron chi connectivity index (χ0n) is 13.0. The summed E-state index contributed by atoms with van der Waals surface area (Å²) in [4.78, 5) is 1.20. The molecule has 0 spiro atoms. The maximum absolute atomic E-state index is 12.4. The molecule has 0 aromatic heterocycles. The number of rotatable bonds is 9. The third-order valence-corrected chi connectivity index (χ3v) is 6.22. The number of hydrogen-bond acceptors (Lipinski definition) is 5. The summed E-state index contributed by atoms with van der Waals surface area (Å²) in [7, 11) is -3.14. The molecule has 1 aromatic carbocycles. The predicted octanol–water partition coefficient (Wildman–Crippen LogP) is 4.72. The maximum atomic E-state index is 12.4. The molecule has 2 rings (SSSR count). The summed E-state index contributed by atoms with van der Waals surface area (Å²) < 4.78 is 28.8. The van der Waals surface area contributed by atoms with Crippen LogP contribution >= 0.6 is 19.4 Å². The van der Waals surface area contributed by atoms with Crippen LogP contribution < -0.4 is 0 Å². The molecule has 2 unspecified atom stereocenters. The molecule has 4 nitrogen and oxygen atoms in total. The first kappa shape index (κ1) is 17.8. The number of thioether (sulfide) groups is 1. The van der Waals surface area contributed by atoms with E-state index in [0.717, 1.165) is 6.42 Å². The van der Waals surface area contributed by atoms with Crippen LogP contribution in [0.1, 0.15) is 20.3 Å². The Kier molecular flexibility index (Phi) is 7.19. The molecular weight excluding hydrogens is 319 g/mol. The van der Waals surface area contributed by atoms with Crippen molar-refractivity contribution in [2.24, 2.45) is 0 Å². The van der Waals surface area contributed by atoms with Gasteiger partial charge in [-0.2, -0.15) is 0 Å². The average molecular weight is 342 g/mol. The van der Waals surface area contributed by atoms with Gasteiger partial charge in [-0.1, -0.05) is 30.4 Å². The Labute approximate surface area is 136 Å². The first-order valence-electron chi connectivity index (χ1n) is 7.55. The molecule has 0 heterocycles. The molecule has 0 amide bonds. The second kappa shape index (κ2) is 8.90. The van der Waals surface area contributed by atoms with Gasteiger partial charge < -0.3 is 13.8 Å². The van der Waals surface area contributed by atoms with E-state index in [1.165, 1.54) is 4.90 Å². The monoisotopic (exact) mass is 342 g/mol. The lowest BCUT2D eigenvalue weighted by atomic mass is 10.3. The van der Waals surface area contributed by atoms with Gasteiger partial charge in [-0.15, -0.1) is 11.8 Å². The van der Waals surface area contributed by atoms with Crippen LogP contribution in [0.4, 0.5) is 0 Å². The molecule has 1 aliphatic rings. The van der Waals surface area contributed by atoms with Crippen LogP contribution in [-0.2, 0) is 18.3 Å². The lowest BCUT2D eigenvalue weighted by Gasteiger charge is -2.23. The largest absolute Gasteiger partial charge is 0.364 e. The lowest BCUT2D eigenvalue weighted by Crippen LogP contribution is -2.22. The van der Waals surface area contributed by atoms with Gasteiger partial charge in [0.2, 0.25) is 0 Å². The van der Waals surface area contributed by atoms with E-state index < -0.39 is 7.60 Å². The highest BCUT2D eigenvalue weighted by Crippen LogP contribution is 2.48. The molecule has 0 saturated heterocycles. The fourth-order valence-electron chi connectivity index (χ4n) is 2.23. The molecule has 122 valence electrons. The Hall–Kier alpha value is -0.580. The van der Waals surface area contributed by atoms with Gasteiger partial charge in [0.15, 0.2) is 0 Å². The fourth-order valence-corrected chi connectivity index (χ4v) is 4.78. The average Bonchev–Trinajstić information content (AvgIpc) is 2.94. The van der Waals surface area contributed by atoms with E-state index in [4.69, 9.17) is 13.8 Å². The minimum atomic E-state index is -3.14. The van der Waals surface area contributed by atoms with Crippen molar-refractivity contribution in [3.8, 4) is 0 Å². The molecule has 0 radical (unpaired) electrons. The summed E-state index contributed by atoms with van der Waals surface area (Å²) in [6.45, 7) is 4.31. The van der Waals surface area contributed by atoms with Crippen molar-refractivity contribution in [3.63, 3.8) is 0 Å².